The van der Waals surface area contributed by atoms with Crippen LogP contribution in [0.25, 0.3) is 0 Å². The zero-order valence-corrected chi connectivity index (χ0v) is 13.1. The summed E-state index contributed by atoms with van der Waals surface area (Å²) in [5.74, 6) is -0.291. The molecule has 2 fully saturated rings. The third kappa shape index (κ3) is 3.66. The van der Waals surface area contributed by atoms with Crippen LogP contribution in [0.2, 0.25) is 0 Å². The summed E-state index contributed by atoms with van der Waals surface area (Å²) in [6.07, 6.45) is 1.69. The molecule has 5 nitrogen and oxygen atoms in total. The largest absolute Gasteiger partial charge is 0.351 e. The van der Waals surface area contributed by atoms with Crippen LogP contribution < -0.4 is 5.32 Å². The Bertz CT molecular complexity index is 516. The van der Waals surface area contributed by atoms with Gasteiger partial charge in [-0.2, -0.15) is 0 Å². The van der Waals surface area contributed by atoms with Gasteiger partial charge < -0.3 is 14.8 Å². The van der Waals surface area contributed by atoms with Crippen molar-refractivity contribution in [3.05, 3.63) is 35.4 Å². The summed E-state index contributed by atoms with van der Waals surface area (Å²) in [6.45, 7) is 6.17. The summed E-state index contributed by atoms with van der Waals surface area (Å²) in [5, 5.41) is 3.01. The zero-order valence-electron chi connectivity index (χ0n) is 13.1. The summed E-state index contributed by atoms with van der Waals surface area (Å²) in [6, 6.07) is 8.12. The molecule has 0 bridgehead atoms. The van der Waals surface area contributed by atoms with E-state index < -0.39 is 0 Å². The van der Waals surface area contributed by atoms with Crippen molar-refractivity contribution < 1.29 is 14.3 Å². The van der Waals surface area contributed by atoms with E-state index in [2.05, 4.69) is 29.3 Å². The van der Waals surface area contributed by atoms with Crippen molar-refractivity contribution in [3.63, 3.8) is 0 Å². The number of likely N-dealkylation sites (tertiary alicyclic amines) is 1. The fourth-order valence-corrected chi connectivity index (χ4v) is 3.10. The van der Waals surface area contributed by atoms with Gasteiger partial charge in [-0.3, -0.25) is 9.69 Å². The molecule has 2 heterocycles. The number of carbonyl (C=O) groups is 1. The average Bonchev–Trinajstić information content (AvgIpc) is 2.97. The second-order valence-corrected chi connectivity index (χ2v) is 6.09. The van der Waals surface area contributed by atoms with Gasteiger partial charge in [-0.25, -0.2) is 0 Å². The van der Waals surface area contributed by atoms with Gasteiger partial charge in [-0.05, 0) is 18.1 Å². The van der Waals surface area contributed by atoms with E-state index in [1.165, 1.54) is 11.1 Å². The minimum atomic E-state index is -0.367. The Balaban J connectivity index is 1.42. The monoisotopic (exact) mass is 304 g/mol. The first-order valence-corrected chi connectivity index (χ1v) is 7.98. The number of nitrogens with one attached hydrogen (secondary N) is 1. The maximum Gasteiger partial charge on any atom is 0.234 e. The number of carbonyl (C=O) groups excluding carboxylic acids is 1. The lowest BCUT2D eigenvalue weighted by Crippen LogP contribution is -2.48. The summed E-state index contributed by atoms with van der Waals surface area (Å²) in [7, 11) is 0. The Morgan fingerprint density at radius 3 is 2.59 bits per heavy atom. The van der Waals surface area contributed by atoms with E-state index in [4.69, 9.17) is 9.47 Å². The number of benzene rings is 1. The van der Waals surface area contributed by atoms with Gasteiger partial charge in [-0.15, -0.1) is 0 Å². The lowest BCUT2D eigenvalue weighted by Gasteiger charge is -2.37. The van der Waals surface area contributed by atoms with Gasteiger partial charge in [0.2, 0.25) is 5.91 Å². The van der Waals surface area contributed by atoms with Gasteiger partial charge in [0.25, 0.3) is 0 Å². The van der Waals surface area contributed by atoms with E-state index in [1.54, 1.807) is 0 Å². The number of nitrogens with zero attached hydrogens (tertiary/aromatic N) is 1. The highest BCUT2D eigenvalue weighted by atomic mass is 16.7. The highest BCUT2D eigenvalue weighted by Gasteiger charge is 2.39. The fourth-order valence-electron chi connectivity index (χ4n) is 3.10. The van der Waals surface area contributed by atoms with Crippen LogP contribution in [-0.4, -0.2) is 49.4 Å². The van der Waals surface area contributed by atoms with Crippen LogP contribution in [0.15, 0.2) is 24.3 Å². The molecule has 0 radical (unpaired) electrons. The summed E-state index contributed by atoms with van der Waals surface area (Å²) >= 11 is 0. The molecule has 0 atom stereocenters. The predicted molar refractivity (Wildman–Crippen MR) is 83.3 cm³/mol. The van der Waals surface area contributed by atoms with Crippen molar-refractivity contribution in [1.82, 2.24) is 10.2 Å². The van der Waals surface area contributed by atoms with Gasteiger partial charge in [0.1, 0.15) is 0 Å². The van der Waals surface area contributed by atoms with Crippen LogP contribution in [0.3, 0.4) is 0 Å². The zero-order chi connectivity index (χ0) is 15.4. The molecule has 0 aromatic heterocycles. The Labute approximate surface area is 131 Å². The van der Waals surface area contributed by atoms with Crippen molar-refractivity contribution in [2.75, 3.05) is 32.8 Å². The molecule has 5 heteroatoms. The van der Waals surface area contributed by atoms with Gasteiger partial charge in [0, 0.05) is 32.5 Å². The average molecular weight is 304 g/mol. The van der Waals surface area contributed by atoms with Crippen LogP contribution in [0.5, 0.6) is 0 Å². The number of rotatable bonds is 4. The fraction of sp³-hybridized carbons (Fsp3) is 0.588. The third-order valence-electron chi connectivity index (χ3n) is 4.54. The molecular weight excluding hydrogens is 280 g/mol. The summed E-state index contributed by atoms with van der Waals surface area (Å²) < 4.78 is 11.4. The van der Waals surface area contributed by atoms with E-state index in [0.29, 0.717) is 26.3 Å². The van der Waals surface area contributed by atoms with Crippen molar-refractivity contribution >= 4 is 5.91 Å². The maximum absolute atomic E-state index is 12.1. The minimum Gasteiger partial charge on any atom is -0.351 e. The topological polar surface area (TPSA) is 50.8 Å². The number of amides is 1. The lowest BCUT2D eigenvalue weighted by molar-refractivity contribution is -0.185. The van der Waals surface area contributed by atoms with E-state index in [-0.39, 0.29) is 11.7 Å². The predicted octanol–water partition coefficient (Wildman–Crippen LogP) is 1.45. The van der Waals surface area contributed by atoms with Crippen LogP contribution >= 0.6 is 0 Å². The van der Waals surface area contributed by atoms with Crippen LogP contribution in [0.4, 0.5) is 0 Å². The molecule has 1 aromatic carbocycles. The van der Waals surface area contributed by atoms with Crippen molar-refractivity contribution in [3.8, 4) is 0 Å². The molecule has 3 rings (SSSR count). The highest BCUT2D eigenvalue weighted by Crippen LogP contribution is 2.30. The molecule has 0 aliphatic carbocycles. The van der Waals surface area contributed by atoms with Crippen molar-refractivity contribution in [2.45, 2.75) is 32.1 Å². The molecular formula is C17H24N2O3. The highest BCUT2D eigenvalue weighted by molar-refractivity contribution is 5.78. The third-order valence-corrected chi connectivity index (χ3v) is 4.54. The molecule has 1 spiro atoms. The van der Waals surface area contributed by atoms with E-state index in [9.17, 15) is 4.79 Å². The standard InChI is InChI=1S/C17H24N2O3/c1-14-4-2-3-5-15(14)12-18-16(20)13-19-8-6-17(7-9-19)21-10-11-22-17/h2-5H,6-13H2,1H3,(H,18,20). The quantitative estimate of drug-likeness (QED) is 0.915. The summed E-state index contributed by atoms with van der Waals surface area (Å²) in [4.78, 5) is 14.3. The van der Waals surface area contributed by atoms with Crippen molar-refractivity contribution in [1.29, 1.82) is 0 Å². The van der Waals surface area contributed by atoms with Crippen LogP contribution in [0, 0.1) is 6.92 Å². The second-order valence-electron chi connectivity index (χ2n) is 6.09. The molecule has 2 saturated heterocycles. The molecule has 2 aliphatic heterocycles. The minimum absolute atomic E-state index is 0.0764. The maximum atomic E-state index is 12.1. The first kappa shape index (κ1) is 15.5. The number of ether oxygens (including phenoxy) is 2. The first-order valence-electron chi connectivity index (χ1n) is 7.98. The molecule has 120 valence electrons. The Kier molecular flexibility index (Phi) is 4.76. The molecule has 1 N–H and O–H groups in total. The second kappa shape index (κ2) is 6.77. The van der Waals surface area contributed by atoms with Crippen LogP contribution in [0.1, 0.15) is 24.0 Å². The first-order chi connectivity index (χ1) is 10.7. The molecule has 22 heavy (non-hydrogen) atoms. The summed E-state index contributed by atoms with van der Waals surface area (Å²) in [5.41, 5.74) is 2.37. The smallest absolute Gasteiger partial charge is 0.234 e. The number of aryl methyl sites for hydroxylation is 1. The Hall–Kier alpha value is -1.43. The number of hydrogen-bond acceptors (Lipinski definition) is 4. The SMILES string of the molecule is Cc1ccccc1CNC(=O)CN1CCC2(CC1)OCCO2. The Morgan fingerprint density at radius 1 is 1.23 bits per heavy atom. The normalized spacial score (nSPS) is 21.1. The number of hydrogen-bond donors (Lipinski definition) is 1. The van der Waals surface area contributed by atoms with Crippen molar-refractivity contribution in [2.24, 2.45) is 0 Å². The van der Waals surface area contributed by atoms with E-state index >= 15 is 0 Å². The molecule has 1 aromatic rings. The number of piperidine rings is 1. The van der Waals surface area contributed by atoms with Gasteiger partial charge in [0.05, 0.1) is 19.8 Å². The van der Waals surface area contributed by atoms with Gasteiger partial charge in [-0.1, -0.05) is 24.3 Å². The Morgan fingerprint density at radius 2 is 1.91 bits per heavy atom. The van der Waals surface area contributed by atoms with Gasteiger partial charge >= 0.3 is 0 Å². The molecule has 1 amide bonds. The van der Waals surface area contributed by atoms with E-state index in [0.717, 1.165) is 25.9 Å². The molecule has 0 unspecified atom stereocenters. The van der Waals surface area contributed by atoms with Crippen LogP contribution in [-0.2, 0) is 20.8 Å². The van der Waals surface area contributed by atoms with Gasteiger partial charge in [0.15, 0.2) is 5.79 Å². The molecule has 0 saturated carbocycles. The lowest BCUT2D eigenvalue weighted by atomic mass is 10.0. The van der Waals surface area contributed by atoms with E-state index in [1.807, 2.05) is 12.1 Å². The molecule has 2 aliphatic rings.